The average molecular weight is 293 g/mol. The Morgan fingerprint density at radius 1 is 1.25 bits per heavy atom. The Morgan fingerprint density at radius 2 is 2.15 bits per heavy atom. The van der Waals surface area contributed by atoms with Crippen molar-refractivity contribution in [3.05, 3.63) is 34.3 Å². The second kappa shape index (κ2) is 6.46. The van der Waals surface area contributed by atoms with Crippen molar-refractivity contribution in [2.75, 3.05) is 13.1 Å². The average Bonchev–Trinajstić information content (AvgIpc) is 2.96. The smallest absolute Gasteiger partial charge is 0.0453 e. The summed E-state index contributed by atoms with van der Waals surface area (Å²) < 4.78 is 0. The minimum atomic E-state index is 0.694. The van der Waals surface area contributed by atoms with E-state index >= 15 is 0 Å². The lowest BCUT2D eigenvalue weighted by Gasteiger charge is -2.39. The zero-order valence-corrected chi connectivity index (χ0v) is 13.1. The molecule has 2 nitrogen and oxygen atoms in total. The van der Waals surface area contributed by atoms with Gasteiger partial charge in [0, 0.05) is 23.7 Å². The van der Waals surface area contributed by atoms with Crippen molar-refractivity contribution in [1.82, 2.24) is 10.2 Å². The maximum absolute atomic E-state index is 6.41. The number of likely N-dealkylation sites (tertiary alicyclic amines) is 1. The van der Waals surface area contributed by atoms with Crippen molar-refractivity contribution in [3.63, 3.8) is 0 Å². The Bertz CT molecular complexity index is 454. The molecule has 1 aromatic carbocycles. The van der Waals surface area contributed by atoms with Crippen LogP contribution in [-0.2, 0) is 6.54 Å². The van der Waals surface area contributed by atoms with E-state index in [2.05, 4.69) is 35.3 Å². The summed E-state index contributed by atoms with van der Waals surface area (Å²) in [7, 11) is 0. The van der Waals surface area contributed by atoms with Gasteiger partial charge in [-0.2, -0.15) is 0 Å². The summed E-state index contributed by atoms with van der Waals surface area (Å²) in [5, 5.41) is 4.62. The van der Waals surface area contributed by atoms with Gasteiger partial charge >= 0.3 is 0 Å². The monoisotopic (exact) mass is 292 g/mol. The van der Waals surface area contributed by atoms with Gasteiger partial charge in [0.25, 0.3) is 0 Å². The quantitative estimate of drug-likeness (QED) is 0.913. The van der Waals surface area contributed by atoms with E-state index in [1.807, 2.05) is 0 Å². The molecule has 3 rings (SSSR count). The van der Waals surface area contributed by atoms with Crippen LogP contribution in [-0.4, -0.2) is 30.1 Å². The Hall–Kier alpha value is -0.570. The van der Waals surface area contributed by atoms with E-state index in [0.29, 0.717) is 12.1 Å². The highest BCUT2D eigenvalue weighted by Gasteiger charge is 2.31. The van der Waals surface area contributed by atoms with Gasteiger partial charge < -0.3 is 5.32 Å². The Morgan fingerprint density at radius 3 is 2.90 bits per heavy atom. The molecule has 0 saturated carbocycles. The highest BCUT2D eigenvalue weighted by atomic mass is 35.5. The van der Waals surface area contributed by atoms with Crippen LogP contribution in [0.2, 0.25) is 5.02 Å². The second-order valence-corrected chi connectivity index (χ2v) is 6.74. The molecule has 0 radical (unpaired) electrons. The van der Waals surface area contributed by atoms with Crippen LogP contribution >= 0.6 is 11.6 Å². The maximum atomic E-state index is 6.41. The Balaban J connectivity index is 1.72. The normalized spacial score (nSPS) is 27.9. The van der Waals surface area contributed by atoms with Gasteiger partial charge in [0.15, 0.2) is 0 Å². The zero-order chi connectivity index (χ0) is 13.9. The number of nitrogens with zero attached hydrogens (tertiary/aromatic N) is 1. The molecule has 0 spiro atoms. The minimum absolute atomic E-state index is 0.694. The predicted molar refractivity (Wildman–Crippen MR) is 85.3 cm³/mol. The van der Waals surface area contributed by atoms with Crippen molar-refractivity contribution < 1.29 is 0 Å². The van der Waals surface area contributed by atoms with Crippen molar-refractivity contribution in [2.45, 2.75) is 57.7 Å². The number of piperidine rings is 1. The summed E-state index contributed by atoms with van der Waals surface area (Å²) in [5.41, 5.74) is 2.52. The lowest BCUT2D eigenvalue weighted by Crippen LogP contribution is -2.49. The first kappa shape index (κ1) is 14.4. The number of rotatable bonds is 3. The number of hydrogen-bond donors (Lipinski definition) is 1. The van der Waals surface area contributed by atoms with Crippen LogP contribution in [0.4, 0.5) is 0 Å². The molecule has 0 aromatic heterocycles. The van der Waals surface area contributed by atoms with Gasteiger partial charge in [-0.05, 0) is 62.9 Å². The van der Waals surface area contributed by atoms with E-state index in [4.69, 9.17) is 11.6 Å². The fraction of sp³-hybridized carbons (Fsp3) is 0.647. The molecule has 2 aliphatic rings. The third-order valence-electron chi connectivity index (χ3n) is 4.81. The molecule has 110 valence electrons. The van der Waals surface area contributed by atoms with Gasteiger partial charge in [-0.15, -0.1) is 0 Å². The Labute approximate surface area is 127 Å². The van der Waals surface area contributed by atoms with Gasteiger partial charge in [0.1, 0.15) is 0 Å². The minimum Gasteiger partial charge on any atom is -0.312 e. The van der Waals surface area contributed by atoms with E-state index in [1.165, 1.54) is 56.3 Å². The van der Waals surface area contributed by atoms with Crippen molar-refractivity contribution in [1.29, 1.82) is 0 Å². The van der Waals surface area contributed by atoms with Crippen molar-refractivity contribution >= 4 is 11.6 Å². The number of halogens is 1. The predicted octanol–water partition coefficient (Wildman–Crippen LogP) is 3.75. The number of aryl methyl sites for hydroxylation is 1. The van der Waals surface area contributed by atoms with E-state index in [9.17, 15) is 0 Å². The standard InChI is InChI=1S/C17H25ClN2/c1-13-7-8-14(15(18)11-13)12-20-10-3-2-6-17(20)16-5-4-9-19-16/h7-8,11,16-17,19H,2-6,9-10,12H2,1H3. The van der Waals surface area contributed by atoms with Gasteiger partial charge in [-0.1, -0.05) is 30.2 Å². The second-order valence-electron chi connectivity index (χ2n) is 6.33. The summed E-state index contributed by atoms with van der Waals surface area (Å²) in [5.74, 6) is 0. The molecule has 2 saturated heterocycles. The van der Waals surface area contributed by atoms with Crippen LogP contribution in [0.5, 0.6) is 0 Å². The first-order valence-electron chi connectivity index (χ1n) is 7.96. The molecule has 1 aromatic rings. The highest BCUT2D eigenvalue weighted by molar-refractivity contribution is 6.31. The van der Waals surface area contributed by atoms with E-state index in [1.54, 1.807) is 0 Å². The van der Waals surface area contributed by atoms with Crippen LogP contribution in [0.15, 0.2) is 18.2 Å². The summed E-state index contributed by atoms with van der Waals surface area (Å²) in [6.07, 6.45) is 6.71. The molecular formula is C17H25ClN2. The third-order valence-corrected chi connectivity index (χ3v) is 5.16. The largest absolute Gasteiger partial charge is 0.312 e. The molecule has 2 atom stereocenters. The molecule has 2 aliphatic heterocycles. The molecule has 0 amide bonds. The SMILES string of the molecule is Cc1ccc(CN2CCCCC2C2CCCN2)c(Cl)c1. The highest BCUT2D eigenvalue weighted by Crippen LogP contribution is 2.27. The van der Waals surface area contributed by atoms with Gasteiger partial charge in [-0.25, -0.2) is 0 Å². The summed E-state index contributed by atoms with van der Waals surface area (Å²) in [6.45, 7) is 5.51. The van der Waals surface area contributed by atoms with E-state index < -0.39 is 0 Å². The van der Waals surface area contributed by atoms with Crippen LogP contribution in [0.1, 0.15) is 43.2 Å². The summed E-state index contributed by atoms with van der Waals surface area (Å²) in [6, 6.07) is 7.85. The lowest BCUT2D eigenvalue weighted by atomic mass is 9.94. The zero-order valence-electron chi connectivity index (χ0n) is 12.4. The Kier molecular flexibility index (Phi) is 4.65. The molecule has 2 heterocycles. The summed E-state index contributed by atoms with van der Waals surface area (Å²) in [4.78, 5) is 2.66. The fourth-order valence-corrected chi connectivity index (χ4v) is 4.00. The number of nitrogens with one attached hydrogen (secondary N) is 1. The molecule has 1 N–H and O–H groups in total. The molecule has 0 bridgehead atoms. The van der Waals surface area contributed by atoms with Crippen LogP contribution in [0, 0.1) is 6.92 Å². The summed E-state index contributed by atoms with van der Waals surface area (Å²) >= 11 is 6.41. The van der Waals surface area contributed by atoms with Crippen LogP contribution in [0.3, 0.4) is 0 Å². The molecule has 20 heavy (non-hydrogen) atoms. The first-order valence-corrected chi connectivity index (χ1v) is 8.34. The first-order chi connectivity index (χ1) is 9.74. The number of hydrogen-bond acceptors (Lipinski definition) is 2. The lowest BCUT2D eigenvalue weighted by molar-refractivity contribution is 0.112. The molecule has 3 heteroatoms. The van der Waals surface area contributed by atoms with Crippen LogP contribution in [0.25, 0.3) is 0 Å². The maximum Gasteiger partial charge on any atom is 0.0453 e. The van der Waals surface area contributed by atoms with Gasteiger partial charge in [0.05, 0.1) is 0 Å². The van der Waals surface area contributed by atoms with E-state index in [-0.39, 0.29) is 0 Å². The van der Waals surface area contributed by atoms with Crippen LogP contribution < -0.4 is 5.32 Å². The molecule has 2 unspecified atom stereocenters. The number of benzene rings is 1. The third kappa shape index (κ3) is 3.19. The van der Waals surface area contributed by atoms with Gasteiger partial charge in [-0.3, -0.25) is 4.90 Å². The van der Waals surface area contributed by atoms with E-state index in [0.717, 1.165) is 11.6 Å². The molecular weight excluding hydrogens is 268 g/mol. The topological polar surface area (TPSA) is 15.3 Å². The van der Waals surface area contributed by atoms with Crippen molar-refractivity contribution in [3.8, 4) is 0 Å². The van der Waals surface area contributed by atoms with Crippen molar-refractivity contribution in [2.24, 2.45) is 0 Å². The molecule has 2 fully saturated rings. The van der Waals surface area contributed by atoms with Gasteiger partial charge in [0.2, 0.25) is 0 Å². The molecule has 0 aliphatic carbocycles. The fourth-order valence-electron chi connectivity index (χ4n) is 3.71.